The minimum Gasteiger partial charge on any atom is -0.384 e. The molecule has 2 aromatic carbocycles. The number of rotatable bonds is 2. The quantitative estimate of drug-likeness (QED) is 0.703. The van der Waals surface area contributed by atoms with Gasteiger partial charge in [0.25, 0.3) is 0 Å². The van der Waals surface area contributed by atoms with Gasteiger partial charge in [-0.1, -0.05) is 36.4 Å². The van der Waals surface area contributed by atoms with Gasteiger partial charge < -0.3 is 5.11 Å². The van der Waals surface area contributed by atoms with Crippen LogP contribution in [0.15, 0.2) is 54.7 Å². The van der Waals surface area contributed by atoms with E-state index in [1.807, 2.05) is 48.5 Å². The molecule has 1 heterocycles. The standard InChI is InChI=1S/C14H12N2O/c17-14(10-4-2-1-3-5-10)11-6-7-13-12(8-11)9-15-16-13/h1-9,14,17H,(H,15,16)/t14-/m1/s1. The molecule has 0 amide bonds. The molecule has 1 aromatic heterocycles. The van der Waals surface area contributed by atoms with Crippen molar-refractivity contribution in [2.24, 2.45) is 0 Å². The summed E-state index contributed by atoms with van der Waals surface area (Å²) in [5.74, 6) is 0. The molecule has 0 aliphatic rings. The van der Waals surface area contributed by atoms with E-state index in [0.29, 0.717) is 0 Å². The molecule has 0 aliphatic carbocycles. The van der Waals surface area contributed by atoms with Crippen LogP contribution in [0.5, 0.6) is 0 Å². The summed E-state index contributed by atoms with van der Waals surface area (Å²) in [5, 5.41) is 18.1. The van der Waals surface area contributed by atoms with E-state index in [9.17, 15) is 5.11 Å². The number of benzene rings is 2. The first-order valence-corrected chi connectivity index (χ1v) is 5.50. The number of nitrogens with zero attached hydrogens (tertiary/aromatic N) is 1. The van der Waals surface area contributed by atoms with Crippen LogP contribution in [-0.2, 0) is 0 Å². The van der Waals surface area contributed by atoms with Crippen LogP contribution in [0, 0.1) is 0 Å². The number of aliphatic hydroxyl groups excluding tert-OH is 1. The Hall–Kier alpha value is -2.13. The average Bonchev–Trinajstić information content (AvgIpc) is 2.86. The van der Waals surface area contributed by atoms with Crippen molar-refractivity contribution in [1.82, 2.24) is 10.2 Å². The third-order valence-corrected chi connectivity index (χ3v) is 2.90. The van der Waals surface area contributed by atoms with Gasteiger partial charge in [-0.25, -0.2) is 0 Å². The largest absolute Gasteiger partial charge is 0.384 e. The molecule has 0 saturated carbocycles. The van der Waals surface area contributed by atoms with Crippen LogP contribution in [0.4, 0.5) is 0 Å². The molecule has 17 heavy (non-hydrogen) atoms. The zero-order valence-electron chi connectivity index (χ0n) is 9.17. The molecular weight excluding hydrogens is 212 g/mol. The van der Waals surface area contributed by atoms with Crippen LogP contribution in [0.25, 0.3) is 10.9 Å². The molecule has 3 nitrogen and oxygen atoms in total. The maximum atomic E-state index is 10.3. The van der Waals surface area contributed by atoms with Gasteiger partial charge in [0.15, 0.2) is 0 Å². The third kappa shape index (κ3) is 1.81. The molecule has 0 bridgehead atoms. The number of nitrogens with one attached hydrogen (secondary N) is 1. The number of fused-ring (bicyclic) bond motifs is 1. The summed E-state index contributed by atoms with van der Waals surface area (Å²) in [4.78, 5) is 0. The Labute approximate surface area is 98.7 Å². The lowest BCUT2D eigenvalue weighted by molar-refractivity contribution is 0.220. The SMILES string of the molecule is O[C@H](c1ccccc1)c1ccc2[nH]ncc2c1. The molecule has 3 rings (SSSR count). The summed E-state index contributed by atoms with van der Waals surface area (Å²) >= 11 is 0. The van der Waals surface area contributed by atoms with Gasteiger partial charge in [0.2, 0.25) is 0 Å². The number of aliphatic hydroxyl groups is 1. The Morgan fingerprint density at radius 1 is 1.00 bits per heavy atom. The smallest absolute Gasteiger partial charge is 0.104 e. The van der Waals surface area contributed by atoms with Crippen molar-refractivity contribution in [1.29, 1.82) is 0 Å². The second-order valence-corrected chi connectivity index (χ2v) is 4.03. The fourth-order valence-corrected chi connectivity index (χ4v) is 1.96. The highest BCUT2D eigenvalue weighted by atomic mass is 16.3. The van der Waals surface area contributed by atoms with Gasteiger partial charge >= 0.3 is 0 Å². The highest BCUT2D eigenvalue weighted by Gasteiger charge is 2.10. The zero-order valence-corrected chi connectivity index (χ0v) is 9.17. The topological polar surface area (TPSA) is 48.9 Å². The van der Waals surface area contributed by atoms with E-state index in [-0.39, 0.29) is 0 Å². The lowest BCUT2D eigenvalue weighted by Gasteiger charge is -2.11. The number of aromatic amines is 1. The lowest BCUT2D eigenvalue weighted by Crippen LogP contribution is -1.98. The molecule has 0 unspecified atom stereocenters. The molecule has 3 heteroatoms. The molecular formula is C14H12N2O. The normalized spacial score (nSPS) is 12.8. The van der Waals surface area contributed by atoms with Crippen molar-refractivity contribution >= 4 is 10.9 Å². The van der Waals surface area contributed by atoms with Crippen molar-refractivity contribution in [3.05, 3.63) is 65.9 Å². The number of hydrogen-bond acceptors (Lipinski definition) is 2. The summed E-state index contributed by atoms with van der Waals surface area (Å²) in [6, 6.07) is 15.4. The highest BCUT2D eigenvalue weighted by molar-refractivity contribution is 5.78. The van der Waals surface area contributed by atoms with Crippen molar-refractivity contribution in [3.63, 3.8) is 0 Å². The van der Waals surface area contributed by atoms with Gasteiger partial charge in [0.05, 0.1) is 11.7 Å². The minimum absolute atomic E-state index is 0.588. The van der Waals surface area contributed by atoms with Gasteiger partial charge in [-0.3, -0.25) is 5.10 Å². The predicted octanol–water partition coefficient (Wildman–Crippen LogP) is 2.64. The minimum atomic E-state index is -0.588. The van der Waals surface area contributed by atoms with Gasteiger partial charge in [0, 0.05) is 5.39 Å². The monoisotopic (exact) mass is 224 g/mol. The molecule has 2 N–H and O–H groups in total. The summed E-state index contributed by atoms with van der Waals surface area (Å²) in [6.07, 6.45) is 1.17. The van der Waals surface area contributed by atoms with Gasteiger partial charge in [-0.05, 0) is 23.3 Å². The molecule has 3 aromatic rings. The average molecular weight is 224 g/mol. The zero-order chi connectivity index (χ0) is 11.7. The van der Waals surface area contributed by atoms with Crippen molar-refractivity contribution < 1.29 is 5.11 Å². The Kier molecular flexibility index (Phi) is 2.38. The Balaban J connectivity index is 2.03. The number of hydrogen-bond donors (Lipinski definition) is 2. The van der Waals surface area contributed by atoms with Crippen LogP contribution in [0.3, 0.4) is 0 Å². The van der Waals surface area contributed by atoms with Crippen molar-refractivity contribution in [2.45, 2.75) is 6.10 Å². The summed E-state index contributed by atoms with van der Waals surface area (Å²) < 4.78 is 0. The van der Waals surface area contributed by atoms with Crippen LogP contribution in [-0.4, -0.2) is 15.3 Å². The van der Waals surface area contributed by atoms with Crippen LogP contribution in [0.2, 0.25) is 0 Å². The van der Waals surface area contributed by atoms with Crippen LogP contribution >= 0.6 is 0 Å². The third-order valence-electron chi connectivity index (χ3n) is 2.90. The van der Waals surface area contributed by atoms with E-state index in [0.717, 1.165) is 22.0 Å². The second-order valence-electron chi connectivity index (χ2n) is 4.03. The van der Waals surface area contributed by atoms with Gasteiger partial charge in [-0.15, -0.1) is 0 Å². The van der Waals surface area contributed by atoms with E-state index < -0.39 is 6.10 Å². The van der Waals surface area contributed by atoms with Crippen LogP contribution < -0.4 is 0 Å². The number of aromatic nitrogens is 2. The van der Waals surface area contributed by atoms with E-state index in [1.165, 1.54) is 0 Å². The highest BCUT2D eigenvalue weighted by Crippen LogP contribution is 2.24. The molecule has 84 valence electrons. The van der Waals surface area contributed by atoms with E-state index in [2.05, 4.69) is 10.2 Å². The maximum absolute atomic E-state index is 10.3. The summed E-state index contributed by atoms with van der Waals surface area (Å²) in [7, 11) is 0. The fraction of sp³-hybridized carbons (Fsp3) is 0.0714. The second kappa shape index (κ2) is 4.03. The number of H-pyrrole nitrogens is 1. The Morgan fingerprint density at radius 3 is 2.65 bits per heavy atom. The first-order valence-electron chi connectivity index (χ1n) is 5.50. The van der Waals surface area contributed by atoms with Crippen molar-refractivity contribution in [2.75, 3.05) is 0 Å². The fourth-order valence-electron chi connectivity index (χ4n) is 1.96. The van der Waals surface area contributed by atoms with E-state index in [1.54, 1.807) is 6.20 Å². The van der Waals surface area contributed by atoms with Gasteiger partial charge in [0.1, 0.15) is 6.10 Å². The predicted molar refractivity (Wildman–Crippen MR) is 66.6 cm³/mol. The first kappa shape index (κ1) is 10.1. The Morgan fingerprint density at radius 2 is 1.82 bits per heavy atom. The Bertz CT molecular complexity index is 631. The molecule has 1 atom stereocenters. The molecule has 0 spiro atoms. The van der Waals surface area contributed by atoms with Crippen LogP contribution in [0.1, 0.15) is 17.2 Å². The summed E-state index contributed by atoms with van der Waals surface area (Å²) in [6.45, 7) is 0. The van der Waals surface area contributed by atoms with Crippen molar-refractivity contribution in [3.8, 4) is 0 Å². The lowest BCUT2D eigenvalue weighted by atomic mass is 10.0. The molecule has 0 radical (unpaired) electrons. The molecule has 0 saturated heterocycles. The maximum Gasteiger partial charge on any atom is 0.104 e. The summed E-state index contributed by atoms with van der Waals surface area (Å²) in [5.41, 5.74) is 2.76. The molecule has 0 fully saturated rings. The van der Waals surface area contributed by atoms with Gasteiger partial charge in [-0.2, -0.15) is 5.10 Å². The first-order chi connectivity index (χ1) is 8.34. The van der Waals surface area contributed by atoms with E-state index >= 15 is 0 Å². The molecule has 0 aliphatic heterocycles. The van der Waals surface area contributed by atoms with E-state index in [4.69, 9.17) is 0 Å².